The number of hydrogen-bond acceptors (Lipinski definition) is 8. The molecule has 0 atom stereocenters. The third-order valence-electron chi connectivity index (χ3n) is 6.95. The summed E-state index contributed by atoms with van der Waals surface area (Å²) in [5.41, 5.74) is 10.6. The fourth-order valence-electron chi connectivity index (χ4n) is 4.56. The van der Waals surface area contributed by atoms with Gasteiger partial charge in [-0.05, 0) is 78.1 Å². The summed E-state index contributed by atoms with van der Waals surface area (Å²) in [6.07, 6.45) is 2.16. The third kappa shape index (κ3) is 8.87. The van der Waals surface area contributed by atoms with Crippen molar-refractivity contribution in [3.63, 3.8) is 0 Å². The van der Waals surface area contributed by atoms with Crippen molar-refractivity contribution in [1.29, 1.82) is 5.26 Å². The van der Waals surface area contributed by atoms with Crippen LogP contribution in [0.2, 0.25) is 0 Å². The molecule has 1 heterocycles. The first-order valence-corrected chi connectivity index (χ1v) is 16.4. The number of piperidine rings is 1. The number of rotatable bonds is 10. The Hall–Kier alpha value is -4.26. The van der Waals surface area contributed by atoms with E-state index >= 15 is 0 Å². The van der Waals surface area contributed by atoms with E-state index in [1.165, 1.54) is 48.5 Å². The number of nitrogens with zero attached hydrogens (tertiary/aromatic N) is 2. The lowest BCUT2D eigenvalue weighted by Gasteiger charge is -2.28. The van der Waals surface area contributed by atoms with Crippen LogP contribution in [0.4, 0.5) is 16.2 Å². The predicted molar refractivity (Wildman–Crippen MR) is 164 cm³/mol. The number of urea groups is 1. The number of primary sulfonamides is 1. The number of sulfonamides is 2. The van der Waals surface area contributed by atoms with Crippen LogP contribution >= 0.6 is 0 Å². The highest BCUT2D eigenvalue weighted by Gasteiger charge is 2.17. The monoisotopic (exact) mass is 623 g/mol. The molecule has 1 aliphatic heterocycles. The Morgan fingerprint density at radius 1 is 0.884 bits per heavy atom. The Labute approximate surface area is 251 Å². The van der Waals surface area contributed by atoms with Crippen molar-refractivity contribution in [3.8, 4) is 6.07 Å². The van der Waals surface area contributed by atoms with Gasteiger partial charge in [0.05, 0.1) is 15.9 Å². The van der Waals surface area contributed by atoms with Crippen LogP contribution in [-0.2, 0) is 26.6 Å². The smallest absolute Gasteiger partial charge is 0.323 e. The highest BCUT2D eigenvalue weighted by atomic mass is 32.2. The molecule has 14 heteroatoms. The van der Waals surface area contributed by atoms with E-state index in [1.807, 2.05) is 12.1 Å². The first-order chi connectivity index (χ1) is 20.4. The first kappa shape index (κ1) is 31.7. The summed E-state index contributed by atoms with van der Waals surface area (Å²) in [7, 11) is -7.71. The molecular formula is C29H33N7O5S2. The quantitative estimate of drug-likeness (QED) is 0.227. The topological polar surface area (TPSA) is 201 Å². The van der Waals surface area contributed by atoms with E-state index in [0.717, 1.165) is 43.6 Å². The summed E-state index contributed by atoms with van der Waals surface area (Å²) >= 11 is 0. The van der Waals surface area contributed by atoms with Gasteiger partial charge >= 0.3 is 6.03 Å². The van der Waals surface area contributed by atoms with Crippen LogP contribution in [0.15, 0.2) is 88.2 Å². The van der Waals surface area contributed by atoms with Gasteiger partial charge in [0, 0.05) is 49.7 Å². The molecule has 226 valence electrons. The molecule has 0 aliphatic carbocycles. The molecule has 0 radical (unpaired) electrons. The molecular weight excluding hydrogens is 590 g/mol. The van der Waals surface area contributed by atoms with E-state index in [0.29, 0.717) is 29.1 Å². The number of benzene rings is 3. The highest BCUT2D eigenvalue weighted by molar-refractivity contribution is 7.89. The van der Waals surface area contributed by atoms with Crippen LogP contribution in [0.5, 0.6) is 0 Å². The van der Waals surface area contributed by atoms with Crippen molar-refractivity contribution in [2.24, 2.45) is 10.9 Å². The minimum absolute atomic E-state index is 0.00766. The molecule has 1 fully saturated rings. The van der Waals surface area contributed by atoms with Gasteiger partial charge in [0.2, 0.25) is 20.0 Å². The lowest BCUT2D eigenvalue weighted by atomic mass is 9.97. The number of nitriles is 1. The van der Waals surface area contributed by atoms with Gasteiger partial charge in [-0.3, -0.25) is 0 Å². The number of nitrogens with one attached hydrogen (secondary N) is 3. The molecule has 0 aromatic heterocycles. The first-order valence-electron chi connectivity index (χ1n) is 13.4. The van der Waals surface area contributed by atoms with Gasteiger partial charge in [0.1, 0.15) is 0 Å². The number of carbonyl (C=O) groups is 1. The summed E-state index contributed by atoms with van der Waals surface area (Å²) in [4.78, 5) is 14.8. The summed E-state index contributed by atoms with van der Waals surface area (Å²) in [6.45, 7) is 2.41. The number of likely N-dealkylation sites (tertiary alicyclic amines) is 1. The van der Waals surface area contributed by atoms with Crippen LogP contribution in [0.1, 0.15) is 30.4 Å². The molecule has 0 spiro atoms. The zero-order valence-corrected chi connectivity index (χ0v) is 24.9. The number of hydrogen-bond donors (Lipinski definition) is 5. The Balaban J connectivity index is 1.32. The standard InChI is InChI=1S/C29H33N7O5S2/c30-15-2-16-36-17-13-22(14-18-36)28(31)23-3-1-4-25(19-23)35-29(37)34-24-7-11-27(12-8-24)43(40,41)33-20-21-5-9-26(10-6-21)42(32,38)39/h1,3-12,19,33H,2,13-14,16-18,20,31H2,(H2,32,38,39)(H2,34,35,37). The van der Waals surface area contributed by atoms with Crippen LogP contribution in [0.25, 0.3) is 5.70 Å². The van der Waals surface area contributed by atoms with E-state index < -0.39 is 26.1 Å². The van der Waals surface area contributed by atoms with Crippen molar-refractivity contribution in [2.45, 2.75) is 35.6 Å². The fraction of sp³-hybridized carbons (Fsp3) is 0.241. The molecule has 1 saturated heterocycles. The maximum atomic E-state index is 12.7. The van der Waals surface area contributed by atoms with E-state index in [4.69, 9.17) is 16.1 Å². The molecule has 1 aliphatic rings. The van der Waals surface area contributed by atoms with Gasteiger partial charge in [-0.1, -0.05) is 24.3 Å². The van der Waals surface area contributed by atoms with Gasteiger partial charge in [-0.25, -0.2) is 31.5 Å². The summed E-state index contributed by atoms with van der Waals surface area (Å²) in [5, 5.41) is 19.3. The second-order valence-corrected chi connectivity index (χ2v) is 13.3. The summed E-state index contributed by atoms with van der Waals surface area (Å²) < 4.78 is 50.6. The number of amides is 2. The van der Waals surface area contributed by atoms with E-state index in [1.54, 1.807) is 12.1 Å². The van der Waals surface area contributed by atoms with Gasteiger partial charge in [0.25, 0.3) is 0 Å². The normalized spacial score (nSPS) is 14.1. The van der Waals surface area contributed by atoms with Crippen molar-refractivity contribution < 1.29 is 21.6 Å². The molecule has 0 unspecified atom stereocenters. The van der Waals surface area contributed by atoms with Crippen LogP contribution < -0.4 is 26.2 Å². The predicted octanol–water partition coefficient (Wildman–Crippen LogP) is 3.14. The van der Waals surface area contributed by atoms with Gasteiger partial charge in [-0.15, -0.1) is 0 Å². The molecule has 7 N–H and O–H groups in total. The molecule has 12 nitrogen and oxygen atoms in total. The molecule has 3 aromatic carbocycles. The second kappa shape index (κ2) is 13.8. The lowest BCUT2D eigenvalue weighted by molar-refractivity contribution is 0.262. The lowest BCUT2D eigenvalue weighted by Crippen LogP contribution is -2.32. The van der Waals surface area contributed by atoms with Gasteiger partial charge in [0.15, 0.2) is 0 Å². The average Bonchev–Trinajstić information content (AvgIpc) is 2.99. The second-order valence-electron chi connectivity index (χ2n) is 9.96. The minimum Gasteiger partial charge on any atom is -0.398 e. The number of nitrogens with two attached hydrogens (primary N) is 2. The van der Waals surface area contributed by atoms with Crippen molar-refractivity contribution in [2.75, 3.05) is 30.3 Å². The van der Waals surface area contributed by atoms with Crippen LogP contribution in [0, 0.1) is 11.3 Å². The molecule has 43 heavy (non-hydrogen) atoms. The van der Waals surface area contributed by atoms with Crippen molar-refractivity contribution in [3.05, 3.63) is 89.5 Å². The van der Waals surface area contributed by atoms with Crippen molar-refractivity contribution in [1.82, 2.24) is 9.62 Å². The Bertz CT molecular complexity index is 1740. The largest absolute Gasteiger partial charge is 0.398 e. The molecule has 3 aromatic rings. The minimum atomic E-state index is -3.87. The molecule has 0 bridgehead atoms. The van der Waals surface area contributed by atoms with Crippen LogP contribution in [-0.4, -0.2) is 47.4 Å². The maximum Gasteiger partial charge on any atom is 0.323 e. The van der Waals surface area contributed by atoms with Crippen molar-refractivity contribution >= 4 is 43.1 Å². The number of anilines is 2. The number of carbonyl (C=O) groups excluding carboxylic acids is 1. The zero-order chi connectivity index (χ0) is 31.0. The van der Waals surface area contributed by atoms with Crippen LogP contribution in [0.3, 0.4) is 0 Å². The average molecular weight is 624 g/mol. The summed E-state index contributed by atoms with van der Waals surface area (Å²) in [5.74, 6) is 0. The van der Waals surface area contributed by atoms with Gasteiger partial charge < -0.3 is 21.3 Å². The maximum absolute atomic E-state index is 12.7. The summed E-state index contributed by atoms with van der Waals surface area (Å²) in [6, 6.07) is 20.1. The van der Waals surface area contributed by atoms with E-state index in [-0.39, 0.29) is 16.3 Å². The Morgan fingerprint density at radius 3 is 2.14 bits per heavy atom. The van der Waals surface area contributed by atoms with E-state index in [2.05, 4.69) is 26.3 Å². The molecule has 2 amide bonds. The molecule has 0 saturated carbocycles. The SMILES string of the molecule is N#CCCN1CCC(=C(N)c2cccc(NC(=O)Nc3ccc(S(=O)(=O)NCc4ccc(S(N)(=O)=O)cc4)cc3)c2)CC1. The third-order valence-corrected chi connectivity index (χ3v) is 9.30. The fourth-order valence-corrected chi connectivity index (χ4v) is 6.10. The highest BCUT2D eigenvalue weighted by Crippen LogP contribution is 2.25. The molecule has 4 rings (SSSR count). The zero-order valence-electron chi connectivity index (χ0n) is 23.3. The van der Waals surface area contributed by atoms with Gasteiger partial charge in [-0.2, -0.15) is 5.26 Å². The Morgan fingerprint density at radius 2 is 1.51 bits per heavy atom. The Kier molecular flexibility index (Phi) is 10.2. The van der Waals surface area contributed by atoms with E-state index in [9.17, 15) is 21.6 Å².